The van der Waals surface area contributed by atoms with Gasteiger partial charge in [0.1, 0.15) is 0 Å². The van der Waals surface area contributed by atoms with Gasteiger partial charge in [0.25, 0.3) is 0 Å². The van der Waals surface area contributed by atoms with Gasteiger partial charge in [0.2, 0.25) is 0 Å². The van der Waals surface area contributed by atoms with E-state index in [-0.39, 0.29) is 0 Å². The van der Waals surface area contributed by atoms with Gasteiger partial charge in [-0.05, 0) is 32.5 Å². The summed E-state index contributed by atoms with van der Waals surface area (Å²) in [7, 11) is 2.00. The van der Waals surface area contributed by atoms with Crippen molar-refractivity contribution in [1.82, 2.24) is 5.32 Å². The van der Waals surface area contributed by atoms with Gasteiger partial charge >= 0.3 is 0 Å². The molecule has 0 spiro atoms. The summed E-state index contributed by atoms with van der Waals surface area (Å²) in [6.45, 7) is 4.38. The van der Waals surface area contributed by atoms with Crippen LogP contribution in [0.4, 0.5) is 0 Å². The minimum Gasteiger partial charge on any atom is -0.313 e. The summed E-state index contributed by atoms with van der Waals surface area (Å²) >= 11 is 1.90. The molecule has 0 aliphatic rings. The Balaban J connectivity index is 2.71. The smallest absolute Gasteiger partial charge is 0.0383 e. The van der Waals surface area contributed by atoms with Crippen molar-refractivity contribution in [2.75, 3.05) is 7.05 Å². The van der Waals surface area contributed by atoms with Crippen LogP contribution in [0.5, 0.6) is 0 Å². The van der Waals surface area contributed by atoms with Crippen LogP contribution in [0.2, 0.25) is 0 Å². The third kappa shape index (κ3) is 2.04. The first-order chi connectivity index (χ1) is 5.27. The van der Waals surface area contributed by atoms with E-state index in [4.69, 9.17) is 0 Å². The predicted molar refractivity (Wildman–Crippen MR) is 51.2 cm³/mol. The lowest BCUT2D eigenvalue weighted by Crippen LogP contribution is -2.10. The zero-order valence-electron chi connectivity index (χ0n) is 7.35. The number of nitrogens with one attached hydrogen (secondary N) is 1. The second kappa shape index (κ2) is 3.88. The van der Waals surface area contributed by atoms with Crippen molar-refractivity contribution < 1.29 is 0 Å². The molecular weight excluding hydrogens is 154 g/mol. The molecule has 0 radical (unpaired) electrons. The highest BCUT2D eigenvalue weighted by Gasteiger charge is 2.04. The second-order valence-corrected chi connectivity index (χ2v) is 3.87. The SMILES string of the molecule is CCc1ccc([C@H](C)NC)s1. The second-order valence-electron chi connectivity index (χ2n) is 2.67. The van der Waals surface area contributed by atoms with Crippen LogP contribution in [-0.4, -0.2) is 7.05 Å². The van der Waals surface area contributed by atoms with E-state index in [1.165, 1.54) is 9.75 Å². The van der Waals surface area contributed by atoms with Gasteiger partial charge < -0.3 is 5.32 Å². The molecule has 0 amide bonds. The Hall–Kier alpha value is -0.340. The van der Waals surface area contributed by atoms with Crippen LogP contribution in [0.3, 0.4) is 0 Å². The largest absolute Gasteiger partial charge is 0.313 e. The summed E-state index contributed by atoms with van der Waals surface area (Å²) in [6, 6.07) is 4.93. The molecule has 0 aromatic carbocycles. The number of rotatable bonds is 3. The van der Waals surface area contributed by atoms with Crippen LogP contribution >= 0.6 is 11.3 Å². The molecule has 1 atom stereocenters. The van der Waals surface area contributed by atoms with Crippen LogP contribution in [0.15, 0.2) is 12.1 Å². The number of thiophene rings is 1. The van der Waals surface area contributed by atoms with E-state index in [1.807, 2.05) is 18.4 Å². The Bertz CT molecular complexity index is 217. The van der Waals surface area contributed by atoms with Crippen molar-refractivity contribution in [1.29, 1.82) is 0 Å². The fourth-order valence-corrected chi connectivity index (χ4v) is 1.97. The van der Waals surface area contributed by atoms with Crippen LogP contribution in [-0.2, 0) is 6.42 Å². The van der Waals surface area contributed by atoms with Crippen molar-refractivity contribution in [3.05, 3.63) is 21.9 Å². The van der Waals surface area contributed by atoms with Crippen molar-refractivity contribution in [2.45, 2.75) is 26.3 Å². The highest BCUT2D eigenvalue weighted by molar-refractivity contribution is 7.12. The molecule has 1 heterocycles. The van der Waals surface area contributed by atoms with E-state index in [0.717, 1.165) is 6.42 Å². The first-order valence-corrected chi connectivity index (χ1v) is 4.85. The average molecular weight is 169 g/mol. The summed E-state index contributed by atoms with van der Waals surface area (Å²) < 4.78 is 0. The molecular formula is C9H15NS. The van der Waals surface area contributed by atoms with Gasteiger partial charge in [-0.3, -0.25) is 0 Å². The maximum Gasteiger partial charge on any atom is 0.0383 e. The van der Waals surface area contributed by atoms with E-state index in [2.05, 4.69) is 31.3 Å². The number of hydrogen-bond acceptors (Lipinski definition) is 2. The molecule has 0 aliphatic carbocycles. The summed E-state index contributed by atoms with van der Waals surface area (Å²) in [5, 5.41) is 3.23. The van der Waals surface area contributed by atoms with E-state index in [0.29, 0.717) is 6.04 Å². The lowest BCUT2D eigenvalue weighted by molar-refractivity contribution is 0.664. The molecule has 0 fully saturated rings. The third-order valence-corrected chi connectivity index (χ3v) is 3.30. The number of hydrogen-bond donors (Lipinski definition) is 1. The van der Waals surface area contributed by atoms with Gasteiger partial charge in [-0.15, -0.1) is 11.3 Å². The van der Waals surface area contributed by atoms with Crippen LogP contribution in [0.25, 0.3) is 0 Å². The predicted octanol–water partition coefficient (Wildman–Crippen LogP) is 2.59. The summed E-state index contributed by atoms with van der Waals surface area (Å²) in [5.41, 5.74) is 0. The standard InChI is InChI=1S/C9H15NS/c1-4-8-5-6-9(11-8)7(2)10-3/h5-7,10H,4H2,1-3H3/t7-/m0/s1. The topological polar surface area (TPSA) is 12.0 Å². The van der Waals surface area contributed by atoms with Gasteiger partial charge in [-0.2, -0.15) is 0 Å². The highest BCUT2D eigenvalue weighted by atomic mass is 32.1. The molecule has 1 aromatic rings. The van der Waals surface area contributed by atoms with E-state index in [9.17, 15) is 0 Å². The molecule has 11 heavy (non-hydrogen) atoms. The zero-order chi connectivity index (χ0) is 8.27. The van der Waals surface area contributed by atoms with E-state index < -0.39 is 0 Å². The van der Waals surface area contributed by atoms with Gasteiger partial charge in [0.15, 0.2) is 0 Å². The third-order valence-electron chi connectivity index (χ3n) is 1.89. The monoisotopic (exact) mass is 169 g/mol. The molecule has 62 valence electrons. The van der Waals surface area contributed by atoms with Crippen molar-refractivity contribution >= 4 is 11.3 Å². The molecule has 0 saturated carbocycles. The Kier molecular flexibility index (Phi) is 3.09. The average Bonchev–Trinajstić information content (AvgIpc) is 2.50. The fraction of sp³-hybridized carbons (Fsp3) is 0.556. The Morgan fingerprint density at radius 2 is 2.27 bits per heavy atom. The Labute approximate surface area is 72.4 Å². The zero-order valence-corrected chi connectivity index (χ0v) is 8.16. The molecule has 0 unspecified atom stereocenters. The lowest BCUT2D eigenvalue weighted by atomic mass is 10.3. The van der Waals surface area contributed by atoms with Crippen molar-refractivity contribution in [3.8, 4) is 0 Å². The van der Waals surface area contributed by atoms with Gasteiger partial charge in [0, 0.05) is 15.8 Å². The summed E-state index contributed by atoms with van der Waals surface area (Å²) in [6.07, 6.45) is 1.15. The first-order valence-electron chi connectivity index (χ1n) is 4.03. The van der Waals surface area contributed by atoms with Crippen LogP contribution in [0.1, 0.15) is 29.6 Å². The van der Waals surface area contributed by atoms with E-state index in [1.54, 1.807) is 0 Å². The fourth-order valence-electron chi connectivity index (χ4n) is 0.960. The normalized spacial score (nSPS) is 13.4. The van der Waals surface area contributed by atoms with Gasteiger partial charge in [0.05, 0.1) is 0 Å². The lowest BCUT2D eigenvalue weighted by Gasteiger charge is -2.05. The summed E-state index contributed by atoms with van der Waals surface area (Å²) in [5.74, 6) is 0. The molecule has 1 nitrogen and oxygen atoms in total. The molecule has 1 aromatic heterocycles. The quantitative estimate of drug-likeness (QED) is 0.733. The minimum atomic E-state index is 0.500. The molecule has 1 rings (SSSR count). The molecule has 0 saturated heterocycles. The van der Waals surface area contributed by atoms with E-state index >= 15 is 0 Å². The van der Waals surface area contributed by atoms with Crippen molar-refractivity contribution in [3.63, 3.8) is 0 Å². The molecule has 0 aliphatic heterocycles. The first kappa shape index (κ1) is 8.75. The van der Waals surface area contributed by atoms with Gasteiger partial charge in [-0.1, -0.05) is 6.92 Å². The molecule has 2 heteroatoms. The maximum absolute atomic E-state index is 3.23. The summed E-state index contributed by atoms with van der Waals surface area (Å²) in [4.78, 5) is 2.91. The van der Waals surface area contributed by atoms with Crippen LogP contribution in [0, 0.1) is 0 Å². The van der Waals surface area contributed by atoms with Gasteiger partial charge in [-0.25, -0.2) is 0 Å². The minimum absolute atomic E-state index is 0.500. The molecule has 1 N–H and O–H groups in total. The Morgan fingerprint density at radius 3 is 2.73 bits per heavy atom. The highest BCUT2D eigenvalue weighted by Crippen LogP contribution is 2.22. The Morgan fingerprint density at radius 1 is 1.55 bits per heavy atom. The van der Waals surface area contributed by atoms with Crippen LogP contribution < -0.4 is 5.32 Å². The number of aryl methyl sites for hydroxylation is 1. The molecule has 0 bridgehead atoms. The maximum atomic E-state index is 3.23. The van der Waals surface area contributed by atoms with Crippen molar-refractivity contribution in [2.24, 2.45) is 0 Å².